The van der Waals surface area contributed by atoms with Crippen LogP contribution in [0.2, 0.25) is 0 Å². The van der Waals surface area contributed by atoms with E-state index in [-0.39, 0.29) is 6.10 Å². The zero-order chi connectivity index (χ0) is 13.7. The van der Waals surface area contributed by atoms with Crippen LogP contribution in [0.4, 0.5) is 0 Å². The molecule has 1 aromatic rings. The van der Waals surface area contributed by atoms with Crippen molar-refractivity contribution in [3.63, 3.8) is 0 Å². The van der Waals surface area contributed by atoms with Crippen LogP contribution in [0.3, 0.4) is 0 Å². The largest absolute Gasteiger partial charge is 0.491 e. The Bertz CT molecular complexity index is 392. The Hall–Kier alpha value is -1.06. The molecule has 1 saturated heterocycles. The SMILES string of the molecule is CC(C)Oc1cccc(CNCC2CCOC2C)c1. The number of hydrogen-bond acceptors (Lipinski definition) is 3. The van der Waals surface area contributed by atoms with Crippen molar-refractivity contribution in [2.75, 3.05) is 13.2 Å². The van der Waals surface area contributed by atoms with Gasteiger partial charge in [-0.15, -0.1) is 0 Å². The molecule has 19 heavy (non-hydrogen) atoms. The molecule has 2 rings (SSSR count). The summed E-state index contributed by atoms with van der Waals surface area (Å²) in [5.41, 5.74) is 1.27. The van der Waals surface area contributed by atoms with Crippen LogP contribution in [0.15, 0.2) is 24.3 Å². The van der Waals surface area contributed by atoms with Gasteiger partial charge < -0.3 is 14.8 Å². The van der Waals surface area contributed by atoms with Gasteiger partial charge in [-0.1, -0.05) is 12.1 Å². The van der Waals surface area contributed by atoms with Gasteiger partial charge in [-0.25, -0.2) is 0 Å². The lowest BCUT2D eigenvalue weighted by Crippen LogP contribution is -2.26. The molecule has 0 saturated carbocycles. The molecule has 1 aliphatic rings. The Labute approximate surface area is 116 Å². The molecule has 2 unspecified atom stereocenters. The summed E-state index contributed by atoms with van der Waals surface area (Å²) in [4.78, 5) is 0. The van der Waals surface area contributed by atoms with E-state index in [1.165, 1.54) is 12.0 Å². The first-order valence-electron chi connectivity index (χ1n) is 7.23. The van der Waals surface area contributed by atoms with Crippen LogP contribution in [-0.4, -0.2) is 25.4 Å². The lowest BCUT2D eigenvalue weighted by atomic mass is 10.0. The van der Waals surface area contributed by atoms with Crippen molar-refractivity contribution in [3.8, 4) is 5.75 Å². The standard InChI is InChI=1S/C16H25NO2/c1-12(2)19-16-6-4-5-14(9-16)10-17-11-15-7-8-18-13(15)3/h4-6,9,12-13,15,17H,7-8,10-11H2,1-3H3. The monoisotopic (exact) mass is 263 g/mol. The summed E-state index contributed by atoms with van der Waals surface area (Å²) in [6.07, 6.45) is 1.79. The number of rotatable bonds is 6. The topological polar surface area (TPSA) is 30.5 Å². The Kier molecular flexibility index (Phi) is 5.23. The first kappa shape index (κ1) is 14.4. The maximum absolute atomic E-state index is 5.70. The smallest absolute Gasteiger partial charge is 0.120 e. The van der Waals surface area contributed by atoms with Crippen LogP contribution >= 0.6 is 0 Å². The first-order chi connectivity index (χ1) is 9.15. The summed E-state index contributed by atoms with van der Waals surface area (Å²) in [6.45, 7) is 9.08. The zero-order valence-corrected chi connectivity index (χ0v) is 12.2. The lowest BCUT2D eigenvalue weighted by molar-refractivity contribution is 0.105. The highest BCUT2D eigenvalue weighted by Crippen LogP contribution is 2.20. The molecule has 0 aliphatic carbocycles. The molecule has 3 heteroatoms. The highest BCUT2D eigenvalue weighted by atomic mass is 16.5. The Morgan fingerprint density at radius 1 is 1.42 bits per heavy atom. The fourth-order valence-electron chi connectivity index (χ4n) is 2.45. The molecule has 2 atom stereocenters. The van der Waals surface area contributed by atoms with E-state index in [1.807, 2.05) is 19.9 Å². The molecule has 1 N–H and O–H groups in total. The first-order valence-corrected chi connectivity index (χ1v) is 7.23. The molecule has 0 amide bonds. The van der Waals surface area contributed by atoms with Crippen molar-refractivity contribution in [1.82, 2.24) is 5.32 Å². The zero-order valence-electron chi connectivity index (χ0n) is 12.2. The van der Waals surface area contributed by atoms with Gasteiger partial charge in [0, 0.05) is 19.7 Å². The molecule has 0 radical (unpaired) electrons. The maximum Gasteiger partial charge on any atom is 0.120 e. The predicted molar refractivity (Wildman–Crippen MR) is 77.4 cm³/mol. The summed E-state index contributed by atoms with van der Waals surface area (Å²) in [6, 6.07) is 8.31. The molecule has 1 aromatic carbocycles. The fourth-order valence-corrected chi connectivity index (χ4v) is 2.45. The van der Waals surface area contributed by atoms with Gasteiger partial charge in [0.25, 0.3) is 0 Å². The lowest BCUT2D eigenvalue weighted by Gasteiger charge is -2.15. The highest BCUT2D eigenvalue weighted by Gasteiger charge is 2.23. The minimum atomic E-state index is 0.222. The normalized spacial score (nSPS) is 22.9. The van der Waals surface area contributed by atoms with E-state index in [9.17, 15) is 0 Å². The summed E-state index contributed by atoms with van der Waals surface area (Å²) in [7, 11) is 0. The van der Waals surface area contributed by atoms with Gasteiger partial charge in [0.05, 0.1) is 12.2 Å². The van der Waals surface area contributed by atoms with Crippen molar-refractivity contribution in [2.24, 2.45) is 5.92 Å². The second-order valence-electron chi connectivity index (χ2n) is 5.57. The average Bonchev–Trinajstić information content (AvgIpc) is 2.75. The maximum atomic E-state index is 5.70. The molecule has 0 aromatic heterocycles. The van der Waals surface area contributed by atoms with E-state index in [4.69, 9.17) is 9.47 Å². The number of ether oxygens (including phenoxy) is 2. The van der Waals surface area contributed by atoms with Gasteiger partial charge in [0.15, 0.2) is 0 Å². The number of hydrogen-bond donors (Lipinski definition) is 1. The van der Waals surface area contributed by atoms with Gasteiger partial charge in [-0.2, -0.15) is 0 Å². The van der Waals surface area contributed by atoms with Gasteiger partial charge in [0.1, 0.15) is 5.75 Å². The molecular weight excluding hydrogens is 238 g/mol. The van der Waals surface area contributed by atoms with Gasteiger partial charge >= 0.3 is 0 Å². The third-order valence-corrected chi connectivity index (χ3v) is 3.54. The molecule has 1 fully saturated rings. The van der Waals surface area contributed by atoms with Crippen LogP contribution in [0, 0.1) is 5.92 Å². The molecule has 3 nitrogen and oxygen atoms in total. The summed E-state index contributed by atoms with van der Waals surface area (Å²) in [5.74, 6) is 1.60. The fraction of sp³-hybridized carbons (Fsp3) is 0.625. The molecule has 106 valence electrons. The number of nitrogens with one attached hydrogen (secondary N) is 1. The highest BCUT2D eigenvalue weighted by molar-refractivity contribution is 5.28. The number of benzene rings is 1. The molecule has 0 bridgehead atoms. The van der Waals surface area contributed by atoms with Crippen molar-refractivity contribution in [3.05, 3.63) is 29.8 Å². The van der Waals surface area contributed by atoms with E-state index in [1.54, 1.807) is 0 Å². The molecule has 1 aliphatic heterocycles. The third-order valence-electron chi connectivity index (χ3n) is 3.54. The Morgan fingerprint density at radius 2 is 2.26 bits per heavy atom. The van der Waals surface area contributed by atoms with Crippen LogP contribution < -0.4 is 10.1 Å². The van der Waals surface area contributed by atoms with Crippen LogP contribution in [0.5, 0.6) is 5.75 Å². The van der Waals surface area contributed by atoms with E-state index in [2.05, 4.69) is 30.4 Å². The Morgan fingerprint density at radius 3 is 2.95 bits per heavy atom. The van der Waals surface area contributed by atoms with Crippen LogP contribution in [0.25, 0.3) is 0 Å². The van der Waals surface area contributed by atoms with Crippen LogP contribution in [0.1, 0.15) is 32.8 Å². The summed E-state index contributed by atoms with van der Waals surface area (Å²) in [5, 5.41) is 3.52. The van der Waals surface area contributed by atoms with E-state index in [0.29, 0.717) is 12.0 Å². The summed E-state index contributed by atoms with van der Waals surface area (Å²) >= 11 is 0. The quantitative estimate of drug-likeness (QED) is 0.856. The van der Waals surface area contributed by atoms with Crippen molar-refractivity contribution in [1.29, 1.82) is 0 Å². The molecule has 0 spiro atoms. The van der Waals surface area contributed by atoms with Gasteiger partial charge in [-0.05, 0) is 50.8 Å². The minimum Gasteiger partial charge on any atom is -0.491 e. The minimum absolute atomic E-state index is 0.222. The third kappa shape index (κ3) is 4.51. The second-order valence-corrected chi connectivity index (χ2v) is 5.57. The van der Waals surface area contributed by atoms with E-state index in [0.717, 1.165) is 25.4 Å². The van der Waals surface area contributed by atoms with E-state index >= 15 is 0 Å². The molecular formula is C16H25NO2. The van der Waals surface area contributed by atoms with E-state index < -0.39 is 0 Å². The van der Waals surface area contributed by atoms with Crippen molar-refractivity contribution in [2.45, 2.75) is 45.9 Å². The average molecular weight is 263 g/mol. The predicted octanol–water partition coefficient (Wildman–Crippen LogP) is 2.99. The van der Waals surface area contributed by atoms with Crippen molar-refractivity contribution >= 4 is 0 Å². The van der Waals surface area contributed by atoms with Gasteiger partial charge in [0.2, 0.25) is 0 Å². The Balaban J connectivity index is 1.79. The summed E-state index contributed by atoms with van der Waals surface area (Å²) < 4.78 is 11.3. The van der Waals surface area contributed by atoms with Crippen molar-refractivity contribution < 1.29 is 9.47 Å². The van der Waals surface area contributed by atoms with Crippen LogP contribution in [-0.2, 0) is 11.3 Å². The van der Waals surface area contributed by atoms with Gasteiger partial charge in [-0.3, -0.25) is 0 Å². The molecule has 1 heterocycles. The second kappa shape index (κ2) is 6.92.